The topological polar surface area (TPSA) is 55.4 Å². The van der Waals surface area contributed by atoms with Crippen LogP contribution in [0.25, 0.3) is 0 Å². The van der Waals surface area contributed by atoms with Crippen molar-refractivity contribution in [3.63, 3.8) is 0 Å². The Kier molecular flexibility index (Phi) is 9.73. The fourth-order valence-corrected chi connectivity index (χ4v) is 3.25. The standard InChI is InChI=1S/C22H27NO3S.ClH/c1-16(24)26-20-11-10-18(14-21(20)27-4)19(25)15-23-22(2,3)13-12-17-8-6-5-7-9-17;/h5-11,14,23H,12-13,15H2,1-4H3;1H. The molecule has 0 aromatic heterocycles. The van der Waals surface area contributed by atoms with E-state index in [2.05, 4.69) is 31.3 Å². The third kappa shape index (κ3) is 7.66. The summed E-state index contributed by atoms with van der Waals surface area (Å²) in [5.41, 5.74) is 1.76. The van der Waals surface area contributed by atoms with Crippen LogP contribution in [0.15, 0.2) is 53.4 Å². The van der Waals surface area contributed by atoms with E-state index < -0.39 is 0 Å². The zero-order valence-corrected chi connectivity index (χ0v) is 18.4. The lowest BCUT2D eigenvalue weighted by atomic mass is 9.95. The number of hydrogen-bond donors (Lipinski definition) is 1. The fraction of sp³-hybridized carbons (Fsp3) is 0.364. The Hall–Kier alpha value is -1.82. The molecule has 0 bridgehead atoms. The second-order valence-electron chi connectivity index (χ2n) is 7.11. The summed E-state index contributed by atoms with van der Waals surface area (Å²) in [6.07, 6.45) is 3.79. The van der Waals surface area contributed by atoms with E-state index >= 15 is 0 Å². The van der Waals surface area contributed by atoms with E-state index in [-0.39, 0.29) is 36.2 Å². The van der Waals surface area contributed by atoms with E-state index in [1.165, 1.54) is 24.2 Å². The molecule has 2 aromatic rings. The summed E-state index contributed by atoms with van der Waals surface area (Å²) in [6, 6.07) is 15.5. The number of halogens is 1. The van der Waals surface area contributed by atoms with Crippen LogP contribution >= 0.6 is 24.2 Å². The maximum atomic E-state index is 12.6. The molecule has 0 saturated carbocycles. The molecule has 2 aromatic carbocycles. The third-order valence-corrected chi connectivity index (χ3v) is 5.11. The van der Waals surface area contributed by atoms with Gasteiger partial charge in [-0.15, -0.1) is 24.2 Å². The van der Waals surface area contributed by atoms with Crippen molar-refractivity contribution in [1.82, 2.24) is 5.32 Å². The van der Waals surface area contributed by atoms with Crippen LogP contribution in [0.4, 0.5) is 0 Å². The molecule has 4 nitrogen and oxygen atoms in total. The van der Waals surface area contributed by atoms with E-state index in [1.54, 1.807) is 18.2 Å². The summed E-state index contributed by atoms with van der Waals surface area (Å²) in [7, 11) is 0. The summed E-state index contributed by atoms with van der Waals surface area (Å²) in [5, 5.41) is 3.37. The van der Waals surface area contributed by atoms with Crippen LogP contribution in [0.2, 0.25) is 0 Å². The van der Waals surface area contributed by atoms with Crippen molar-refractivity contribution < 1.29 is 14.3 Å². The van der Waals surface area contributed by atoms with E-state index in [9.17, 15) is 9.59 Å². The van der Waals surface area contributed by atoms with Crippen molar-refractivity contribution in [2.24, 2.45) is 0 Å². The summed E-state index contributed by atoms with van der Waals surface area (Å²) in [5.74, 6) is 0.140. The van der Waals surface area contributed by atoms with Gasteiger partial charge in [0.15, 0.2) is 5.78 Å². The van der Waals surface area contributed by atoms with Gasteiger partial charge in [0.05, 0.1) is 11.4 Å². The maximum absolute atomic E-state index is 12.6. The first-order chi connectivity index (χ1) is 12.8. The number of ketones is 1. The quantitative estimate of drug-likeness (QED) is 0.269. The predicted molar refractivity (Wildman–Crippen MR) is 118 cm³/mol. The number of hydrogen-bond acceptors (Lipinski definition) is 5. The lowest BCUT2D eigenvalue weighted by Crippen LogP contribution is -2.42. The van der Waals surface area contributed by atoms with Crippen LogP contribution in [0.3, 0.4) is 0 Å². The van der Waals surface area contributed by atoms with Gasteiger partial charge in [-0.1, -0.05) is 30.3 Å². The van der Waals surface area contributed by atoms with Crippen molar-refractivity contribution >= 4 is 35.9 Å². The molecule has 0 unspecified atom stereocenters. The van der Waals surface area contributed by atoms with Crippen LogP contribution in [0.5, 0.6) is 5.75 Å². The van der Waals surface area contributed by atoms with Gasteiger partial charge in [-0.05, 0) is 56.7 Å². The van der Waals surface area contributed by atoms with Crippen molar-refractivity contribution in [3.05, 3.63) is 59.7 Å². The fourth-order valence-electron chi connectivity index (χ4n) is 2.69. The minimum atomic E-state index is -0.369. The number of carbonyl (C=O) groups excluding carboxylic acids is 2. The number of thioether (sulfide) groups is 1. The molecule has 152 valence electrons. The van der Waals surface area contributed by atoms with Gasteiger partial charge in [0.1, 0.15) is 5.75 Å². The molecule has 28 heavy (non-hydrogen) atoms. The highest BCUT2D eigenvalue weighted by atomic mass is 35.5. The van der Waals surface area contributed by atoms with E-state index in [0.717, 1.165) is 17.7 Å². The molecule has 0 atom stereocenters. The summed E-state index contributed by atoms with van der Waals surface area (Å²) in [6.45, 7) is 5.85. The van der Waals surface area contributed by atoms with Crippen LogP contribution in [0, 0.1) is 0 Å². The van der Waals surface area contributed by atoms with Crippen LogP contribution in [-0.2, 0) is 11.2 Å². The number of rotatable bonds is 9. The normalized spacial score (nSPS) is 10.9. The van der Waals surface area contributed by atoms with E-state index in [0.29, 0.717) is 11.3 Å². The summed E-state index contributed by atoms with van der Waals surface area (Å²) < 4.78 is 5.17. The van der Waals surface area contributed by atoms with Crippen LogP contribution in [0.1, 0.15) is 43.1 Å². The first-order valence-electron chi connectivity index (χ1n) is 8.99. The van der Waals surface area contributed by atoms with Crippen LogP contribution in [-0.4, -0.2) is 30.1 Å². The smallest absolute Gasteiger partial charge is 0.308 e. The molecule has 6 heteroatoms. The number of Topliss-reactive ketones (excluding diaryl/α,β-unsaturated/α-hetero) is 1. The Balaban J connectivity index is 0.00000392. The minimum Gasteiger partial charge on any atom is -0.426 e. The first-order valence-corrected chi connectivity index (χ1v) is 10.2. The molecular formula is C22H28ClNO3S. The summed E-state index contributed by atoms with van der Waals surface area (Å²) >= 11 is 1.45. The van der Waals surface area contributed by atoms with Crippen molar-refractivity contribution in [2.75, 3.05) is 12.8 Å². The molecule has 0 aliphatic rings. The number of aryl methyl sites for hydroxylation is 1. The molecule has 0 spiro atoms. The van der Waals surface area contributed by atoms with Crippen molar-refractivity contribution in [2.45, 2.75) is 44.0 Å². The Morgan fingerprint density at radius 3 is 2.39 bits per heavy atom. The number of benzene rings is 2. The lowest BCUT2D eigenvalue weighted by molar-refractivity contribution is -0.132. The third-order valence-electron chi connectivity index (χ3n) is 4.35. The van der Waals surface area contributed by atoms with Gasteiger partial charge in [0, 0.05) is 18.0 Å². The molecule has 0 saturated heterocycles. The van der Waals surface area contributed by atoms with Gasteiger partial charge < -0.3 is 10.1 Å². The Labute approximate surface area is 177 Å². The molecule has 0 fully saturated rings. The highest BCUT2D eigenvalue weighted by molar-refractivity contribution is 7.98. The predicted octanol–water partition coefficient (Wildman–Crippen LogP) is 4.94. The second kappa shape index (κ2) is 11.2. The minimum absolute atomic E-state index is 0. The molecule has 0 aliphatic heterocycles. The van der Waals surface area contributed by atoms with E-state index in [4.69, 9.17) is 4.74 Å². The largest absolute Gasteiger partial charge is 0.426 e. The van der Waals surface area contributed by atoms with Crippen molar-refractivity contribution in [3.8, 4) is 5.75 Å². The Morgan fingerprint density at radius 1 is 1.11 bits per heavy atom. The van der Waals surface area contributed by atoms with Gasteiger partial charge in [-0.25, -0.2) is 0 Å². The van der Waals surface area contributed by atoms with Gasteiger partial charge in [-0.2, -0.15) is 0 Å². The average molecular weight is 422 g/mol. The average Bonchev–Trinajstić information content (AvgIpc) is 2.65. The first kappa shape index (κ1) is 24.2. The van der Waals surface area contributed by atoms with E-state index in [1.807, 2.05) is 24.5 Å². The van der Waals surface area contributed by atoms with Gasteiger partial charge in [0.25, 0.3) is 0 Å². The van der Waals surface area contributed by atoms with Crippen molar-refractivity contribution in [1.29, 1.82) is 0 Å². The zero-order valence-electron chi connectivity index (χ0n) is 16.8. The zero-order chi connectivity index (χ0) is 19.9. The molecule has 0 heterocycles. The SMILES string of the molecule is CSc1cc(C(=O)CNC(C)(C)CCc2ccccc2)ccc1OC(C)=O.Cl. The Morgan fingerprint density at radius 2 is 1.79 bits per heavy atom. The molecule has 2 rings (SSSR count). The highest BCUT2D eigenvalue weighted by Gasteiger charge is 2.19. The molecule has 0 aliphatic carbocycles. The summed E-state index contributed by atoms with van der Waals surface area (Å²) in [4.78, 5) is 24.5. The highest BCUT2D eigenvalue weighted by Crippen LogP contribution is 2.29. The van der Waals surface area contributed by atoms with Gasteiger partial charge >= 0.3 is 5.97 Å². The second-order valence-corrected chi connectivity index (χ2v) is 7.95. The maximum Gasteiger partial charge on any atom is 0.308 e. The number of esters is 1. The molecular weight excluding hydrogens is 394 g/mol. The Bertz CT molecular complexity index is 794. The number of nitrogens with one attached hydrogen (secondary N) is 1. The van der Waals surface area contributed by atoms with Gasteiger partial charge in [-0.3, -0.25) is 9.59 Å². The number of ether oxygens (including phenoxy) is 1. The van der Waals surface area contributed by atoms with Gasteiger partial charge in [0.2, 0.25) is 0 Å². The lowest BCUT2D eigenvalue weighted by Gasteiger charge is -2.26. The molecule has 0 radical (unpaired) electrons. The van der Waals surface area contributed by atoms with Crippen LogP contribution < -0.4 is 10.1 Å². The molecule has 0 amide bonds. The monoisotopic (exact) mass is 421 g/mol. The molecule has 1 N–H and O–H groups in total. The number of carbonyl (C=O) groups is 2.